The molecule has 5 aliphatic rings. The Labute approximate surface area is 355 Å². The Morgan fingerprint density at radius 3 is 2.20 bits per heavy atom. The SMILES string of the molecule is CCCOC(=O)[C@@H]1CCCN1P(=O)(Cc1ccc2sc(C(=O)N[C@H]3CCC[C@H]4CC[C@@H](C(=O)N5CC(c6cccnc6)C5)N4C3=O)cc2c1)N1CCC[C@H]1C(=O)OCCC. The zero-order valence-electron chi connectivity index (χ0n) is 34.7. The van der Waals surface area contributed by atoms with E-state index >= 15 is 4.57 Å². The van der Waals surface area contributed by atoms with Crippen molar-refractivity contribution >= 4 is 58.5 Å². The van der Waals surface area contributed by atoms with Crippen molar-refractivity contribution < 1.29 is 38.0 Å². The number of hydrogen-bond donors (Lipinski definition) is 1. The number of rotatable bonds is 14. The summed E-state index contributed by atoms with van der Waals surface area (Å²) in [6.45, 7) is 6.55. The van der Waals surface area contributed by atoms with Crippen molar-refractivity contribution in [3.05, 3.63) is 64.8 Å². The maximum atomic E-state index is 15.7. The van der Waals surface area contributed by atoms with Crippen molar-refractivity contribution in [3.8, 4) is 0 Å². The maximum Gasteiger partial charge on any atom is 0.323 e. The normalized spacial score (nSPS) is 25.2. The highest BCUT2D eigenvalue weighted by Gasteiger charge is 2.52. The largest absolute Gasteiger partial charge is 0.465 e. The van der Waals surface area contributed by atoms with Gasteiger partial charge in [-0.05, 0) is 111 Å². The summed E-state index contributed by atoms with van der Waals surface area (Å²) in [7, 11) is -3.57. The molecule has 0 spiro atoms. The lowest BCUT2D eigenvalue weighted by atomic mass is 9.92. The Hall–Kier alpha value is -4.17. The predicted octanol–water partition coefficient (Wildman–Crippen LogP) is 6.09. The van der Waals surface area contributed by atoms with E-state index in [1.807, 2.05) is 64.6 Å². The molecule has 0 saturated carbocycles. The minimum atomic E-state index is -3.57. The van der Waals surface area contributed by atoms with Gasteiger partial charge < -0.3 is 24.6 Å². The molecule has 16 heteroatoms. The van der Waals surface area contributed by atoms with Gasteiger partial charge in [0.1, 0.15) is 24.2 Å². The van der Waals surface area contributed by atoms with Crippen LogP contribution in [-0.2, 0) is 39.4 Å². The fourth-order valence-corrected chi connectivity index (χ4v) is 14.3. The van der Waals surface area contributed by atoms with Gasteiger partial charge in [0.2, 0.25) is 19.3 Å². The van der Waals surface area contributed by atoms with Crippen LogP contribution in [0.1, 0.15) is 111 Å². The Balaban J connectivity index is 0.978. The molecule has 322 valence electrons. The number of pyridine rings is 1. The van der Waals surface area contributed by atoms with E-state index in [1.165, 1.54) is 11.3 Å². The fourth-order valence-electron chi connectivity index (χ4n) is 9.86. The van der Waals surface area contributed by atoms with Crippen LogP contribution in [0.4, 0.5) is 0 Å². The number of benzene rings is 1. The Bertz CT molecular complexity index is 2090. The van der Waals surface area contributed by atoms with E-state index in [4.69, 9.17) is 9.47 Å². The molecule has 5 aliphatic heterocycles. The molecule has 5 saturated heterocycles. The first-order valence-electron chi connectivity index (χ1n) is 21.9. The number of nitrogens with one attached hydrogen (secondary N) is 1. The Morgan fingerprint density at radius 1 is 0.850 bits per heavy atom. The van der Waals surface area contributed by atoms with E-state index < -0.39 is 31.6 Å². The van der Waals surface area contributed by atoms with Crippen LogP contribution in [0.25, 0.3) is 10.1 Å². The molecule has 0 aliphatic carbocycles. The fraction of sp³-hybridized carbons (Fsp3) is 0.591. The number of carbonyl (C=O) groups is 5. The van der Waals surface area contributed by atoms with Gasteiger partial charge in [0, 0.05) is 55.2 Å². The number of amides is 3. The average Bonchev–Trinajstić information content (AvgIpc) is 4.06. The zero-order valence-corrected chi connectivity index (χ0v) is 36.4. The molecule has 5 fully saturated rings. The van der Waals surface area contributed by atoms with Crippen molar-refractivity contribution in [1.29, 1.82) is 0 Å². The minimum absolute atomic E-state index is 0.0156. The number of carbonyl (C=O) groups excluding carboxylic acids is 5. The van der Waals surface area contributed by atoms with Crippen molar-refractivity contribution in [2.45, 2.75) is 127 Å². The molecule has 0 radical (unpaired) electrons. The molecular formula is C44H57N6O8PS. The van der Waals surface area contributed by atoms with Gasteiger partial charge in [-0.2, -0.15) is 0 Å². The standard InChI is InChI=1S/C44H57N6O8PS/c1-3-21-57-43(54)36-12-7-19-48(36)59(56,49-20-8-13-37(49)44(55)58-22-4-2)28-29-14-17-38-31(23-29)24-39(60-38)40(51)46-34-11-5-10-33-15-16-35(50(33)41(34)52)42(53)47-26-32(27-47)30-9-6-18-45-25-30/h6,9,14,17-18,23-25,32-37H,3-5,7-8,10-13,15-16,19-22,26-28H2,1-2H3,(H,46,51)/t33-,34-,35-,36-,37-/m0/s1. The van der Waals surface area contributed by atoms with E-state index in [0.717, 1.165) is 40.5 Å². The van der Waals surface area contributed by atoms with E-state index in [2.05, 4.69) is 10.3 Å². The Kier molecular flexibility index (Phi) is 13.1. The number of likely N-dealkylation sites (tertiary alicyclic amines) is 1. The number of fused-ring (bicyclic) bond motifs is 2. The molecule has 5 atom stereocenters. The van der Waals surface area contributed by atoms with Gasteiger partial charge >= 0.3 is 11.9 Å². The van der Waals surface area contributed by atoms with E-state index in [9.17, 15) is 24.0 Å². The van der Waals surface area contributed by atoms with Gasteiger partial charge in [-0.25, -0.2) is 9.34 Å². The van der Waals surface area contributed by atoms with Gasteiger partial charge in [0.05, 0.1) is 24.3 Å². The number of thiophene rings is 1. The molecule has 2 aromatic heterocycles. The summed E-state index contributed by atoms with van der Waals surface area (Å²) in [4.78, 5) is 76.8. The summed E-state index contributed by atoms with van der Waals surface area (Å²) in [6.07, 6.45) is 10.9. The number of esters is 2. The third-order valence-corrected chi connectivity index (χ3v) is 17.4. The van der Waals surface area contributed by atoms with E-state index in [-0.39, 0.29) is 61.0 Å². The maximum absolute atomic E-state index is 15.7. The minimum Gasteiger partial charge on any atom is -0.465 e. The van der Waals surface area contributed by atoms with Gasteiger partial charge in [-0.15, -0.1) is 11.3 Å². The summed E-state index contributed by atoms with van der Waals surface area (Å²) in [5, 5.41) is 3.83. The topological polar surface area (TPSA) is 159 Å². The predicted molar refractivity (Wildman–Crippen MR) is 227 cm³/mol. The van der Waals surface area contributed by atoms with Crippen molar-refractivity contribution in [2.24, 2.45) is 0 Å². The summed E-state index contributed by atoms with van der Waals surface area (Å²) < 4.78 is 31.3. The summed E-state index contributed by atoms with van der Waals surface area (Å²) >= 11 is 1.32. The summed E-state index contributed by atoms with van der Waals surface area (Å²) in [5.74, 6) is -1.09. The van der Waals surface area contributed by atoms with E-state index in [0.29, 0.717) is 82.4 Å². The lowest BCUT2D eigenvalue weighted by molar-refractivity contribution is -0.148. The monoisotopic (exact) mass is 860 g/mol. The van der Waals surface area contributed by atoms with E-state index in [1.54, 1.807) is 17.2 Å². The van der Waals surface area contributed by atoms with Crippen molar-refractivity contribution in [2.75, 3.05) is 39.4 Å². The molecule has 0 unspecified atom stereocenters. The molecule has 7 heterocycles. The van der Waals surface area contributed by atoms with Gasteiger partial charge in [0.15, 0.2) is 0 Å². The van der Waals surface area contributed by atoms with Crippen LogP contribution < -0.4 is 5.32 Å². The smallest absolute Gasteiger partial charge is 0.323 e. The number of nitrogens with zero attached hydrogens (tertiary/aromatic N) is 5. The van der Waals surface area contributed by atoms with Crippen LogP contribution in [-0.4, -0.2) is 123 Å². The van der Waals surface area contributed by atoms with Crippen LogP contribution >= 0.6 is 18.8 Å². The number of aromatic nitrogens is 1. The van der Waals surface area contributed by atoms with Crippen molar-refractivity contribution in [1.82, 2.24) is 29.4 Å². The van der Waals surface area contributed by atoms with Gasteiger partial charge in [0.25, 0.3) is 5.91 Å². The lowest BCUT2D eigenvalue weighted by Crippen LogP contribution is -2.58. The highest BCUT2D eigenvalue weighted by Crippen LogP contribution is 2.61. The van der Waals surface area contributed by atoms with Crippen LogP contribution in [0.15, 0.2) is 48.8 Å². The van der Waals surface area contributed by atoms with Gasteiger partial charge in [-0.3, -0.25) is 33.5 Å². The molecule has 1 aromatic carbocycles. The molecular weight excluding hydrogens is 804 g/mol. The van der Waals surface area contributed by atoms with Crippen LogP contribution in [0.5, 0.6) is 0 Å². The molecule has 3 aromatic rings. The molecule has 1 N–H and O–H groups in total. The first-order valence-corrected chi connectivity index (χ1v) is 24.5. The molecule has 3 amide bonds. The third kappa shape index (κ3) is 8.52. The second-order valence-electron chi connectivity index (χ2n) is 17.0. The molecule has 14 nitrogen and oxygen atoms in total. The Morgan fingerprint density at radius 2 is 1.55 bits per heavy atom. The first-order chi connectivity index (χ1) is 29.1. The third-order valence-electron chi connectivity index (χ3n) is 12.9. The van der Waals surface area contributed by atoms with Crippen LogP contribution in [0.2, 0.25) is 0 Å². The zero-order chi connectivity index (χ0) is 42.0. The summed E-state index contributed by atoms with van der Waals surface area (Å²) in [5.41, 5.74) is 1.87. The lowest BCUT2D eigenvalue weighted by Gasteiger charge is -2.42. The second kappa shape index (κ2) is 18.4. The first kappa shape index (κ1) is 42.5. The highest BCUT2D eigenvalue weighted by atomic mass is 32.1. The number of ether oxygens (including phenoxy) is 2. The quantitative estimate of drug-likeness (QED) is 0.148. The van der Waals surface area contributed by atoms with Crippen LogP contribution in [0.3, 0.4) is 0 Å². The van der Waals surface area contributed by atoms with Crippen molar-refractivity contribution in [3.63, 3.8) is 0 Å². The summed E-state index contributed by atoms with van der Waals surface area (Å²) in [6, 6.07) is 8.88. The number of hydrogen-bond acceptors (Lipinski definition) is 10. The molecule has 0 bridgehead atoms. The second-order valence-corrected chi connectivity index (χ2v) is 20.7. The van der Waals surface area contributed by atoms with Crippen LogP contribution in [0, 0.1) is 0 Å². The molecule has 8 rings (SSSR count). The average molecular weight is 861 g/mol. The highest BCUT2D eigenvalue weighted by molar-refractivity contribution is 7.58. The van der Waals surface area contributed by atoms with Gasteiger partial charge in [-0.1, -0.05) is 26.0 Å². The molecule has 60 heavy (non-hydrogen) atoms.